The van der Waals surface area contributed by atoms with Crippen LogP contribution in [0.2, 0.25) is 0 Å². The first-order chi connectivity index (χ1) is 29.9. The Bertz CT molecular complexity index is 2890. The number of anilines is 1. The van der Waals surface area contributed by atoms with Gasteiger partial charge in [0.05, 0.1) is 16.6 Å². The van der Waals surface area contributed by atoms with Crippen molar-refractivity contribution in [2.75, 3.05) is 11.9 Å². The molecule has 7 rings (SSSR count). The first kappa shape index (κ1) is 48.9. The maximum absolute atomic E-state index is 12.0. The van der Waals surface area contributed by atoms with Gasteiger partial charge in [-0.05, 0) is 92.3 Å². The quantitative estimate of drug-likeness (QED) is 0.122. The summed E-state index contributed by atoms with van der Waals surface area (Å²) in [5, 5.41) is 12.0. The Hall–Kier alpha value is -5.51. The maximum atomic E-state index is 12.0. The van der Waals surface area contributed by atoms with Gasteiger partial charge >= 0.3 is 0 Å². The van der Waals surface area contributed by atoms with Gasteiger partial charge in [0.1, 0.15) is 11.6 Å². The van der Waals surface area contributed by atoms with E-state index >= 15 is 0 Å². The Labute approximate surface area is 403 Å². The molecule has 0 spiro atoms. The van der Waals surface area contributed by atoms with E-state index in [-0.39, 0.29) is 48.5 Å². The minimum absolute atomic E-state index is 0. The first-order valence-corrected chi connectivity index (χ1v) is 22.5. The molecule has 0 unspecified atom stereocenters. The average Bonchev–Trinajstić information content (AvgIpc) is 3.58. The number of imidazole rings is 1. The predicted molar refractivity (Wildman–Crippen MR) is 273 cm³/mol. The molecule has 1 N–H and O–H groups in total. The Kier molecular flexibility index (Phi) is 13.6. The summed E-state index contributed by atoms with van der Waals surface area (Å²) in [7, 11) is 4.14. The molecule has 2 aromatic heterocycles. The normalized spacial score (nSPS) is 12.8. The smallest absolute Gasteiger partial charge is 0.143 e. The second kappa shape index (κ2) is 18.0. The maximum Gasteiger partial charge on any atom is 0.143 e. The third-order valence-corrected chi connectivity index (χ3v) is 12.7. The molecular formula is C59H67N4OPt-. The number of hydrogen-bond acceptors (Lipinski definition) is 4. The van der Waals surface area contributed by atoms with Gasteiger partial charge in [-0.25, -0.2) is 4.98 Å². The number of aromatic hydroxyl groups is 1. The van der Waals surface area contributed by atoms with Crippen LogP contribution in [0.5, 0.6) is 5.75 Å². The van der Waals surface area contributed by atoms with Crippen LogP contribution in [0.25, 0.3) is 61.5 Å². The number of benzene rings is 5. The Morgan fingerprint density at radius 3 is 1.85 bits per heavy atom. The predicted octanol–water partition coefficient (Wildman–Crippen LogP) is 15.4. The number of fused-ring (bicyclic) bond motifs is 1. The fraction of sp³-hybridized carbons (Fsp3) is 0.322. The van der Waals surface area contributed by atoms with Crippen LogP contribution in [0.3, 0.4) is 0 Å². The van der Waals surface area contributed by atoms with E-state index in [2.05, 4.69) is 216 Å². The number of hydrogen-bond donors (Lipinski definition) is 1. The van der Waals surface area contributed by atoms with Crippen LogP contribution in [0.15, 0.2) is 128 Å². The standard InChI is InChI=1S/C59H67N4O.Pt/c1-17-47(37(2)62(15)46-22-19-18-20-23-46)38-26-27-60-51(33-38)42-29-39(40-31-43(56(3,4)5)34-44(32-40)57(6,7)8)28-41(30-42)48-24-21-25-52-53(48)61-55(63(52)16)49-35-45(58(9,10)11)36-50(54(49)64)59(12,13)14;/h17-29,31-36,64H,1H2,2-16H3;/q-1;/b47-37-;. The summed E-state index contributed by atoms with van der Waals surface area (Å²) in [6, 6.07) is 40.6. The number of rotatable bonds is 8. The van der Waals surface area contributed by atoms with E-state index in [1.54, 1.807) is 0 Å². The number of phenols is 1. The summed E-state index contributed by atoms with van der Waals surface area (Å²) in [6.07, 6.45) is 3.82. The number of aromatic nitrogens is 3. The molecular weight excluding hydrogens is 976 g/mol. The zero-order valence-corrected chi connectivity index (χ0v) is 43.5. The van der Waals surface area contributed by atoms with Crippen molar-refractivity contribution < 1.29 is 26.2 Å². The van der Waals surface area contributed by atoms with Gasteiger partial charge in [-0.15, -0.1) is 23.8 Å². The summed E-state index contributed by atoms with van der Waals surface area (Å²) >= 11 is 0. The van der Waals surface area contributed by atoms with E-state index in [0.717, 1.165) is 89.6 Å². The first-order valence-electron chi connectivity index (χ1n) is 22.5. The van der Waals surface area contributed by atoms with Crippen LogP contribution in [-0.2, 0) is 49.8 Å². The van der Waals surface area contributed by atoms with Crippen molar-refractivity contribution in [1.29, 1.82) is 0 Å². The topological polar surface area (TPSA) is 54.2 Å². The Morgan fingerprint density at radius 2 is 1.26 bits per heavy atom. The van der Waals surface area contributed by atoms with Gasteiger partial charge in [-0.2, -0.15) is 0 Å². The molecule has 0 saturated carbocycles. The van der Waals surface area contributed by atoms with E-state index in [4.69, 9.17) is 9.97 Å². The van der Waals surface area contributed by atoms with Crippen LogP contribution < -0.4 is 4.90 Å². The van der Waals surface area contributed by atoms with E-state index in [9.17, 15) is 5.11 Å². The molecule has 0 fully saturated rings. The van der Waals surface area contributed by atoms with Gasteiger partial charge in [-0.1, -0.05) is 173 Å². The number of pyridine rings is 1. The SMILES string of the molecule is C=C/C(=C(\C)N(C)c1ccccc1)c1ccnc(-c2[c-]c(-c3cccc4c3nc(-c3cc(C(C)(C)C)cc(C(C)(C)C)c3O)n4C)cc(-c3cc(C(C)(C)C)cc(C(C)(C)C)c3)c2)c1.[Pt]. The van der Waals surface area contributed by atoms with Gasteiger partial charge in [-0.3, -0.25) is 4.98 Å². The molecule has 0 aliphatic heterocycles. The zero-order chi connectivity index (χ0) is 46.7. The van der Waals surface area contributed by atoms with Crippen molar-refractivity contribution in [3.8, 4) is 50.6 Å². The monoisotopic (exact) mass is 1040 g/mol. The number of aryl methyl sites for hydroxylation is 1. The largest absolute Gasteiger partial charge is 0.507 e. The van der Waals surface area contributed by atoms with Crippen molar-refractivity contribution in [2.24, 2.45) is 7.05 Å². The van der Waals surface area contributed by atoms with Crippen molar-refractivity contribution in [2.45, 2.75) is 112 Å². The molecule has 0 atom stereocenters. The molecule has 2 heterocycles. The number of phenolic OH excluding ortho intramolecular Hbond substituents is 1. The number of para-hydroxylation sites is 2. The molecule has 0 amide bonds. The molecule has 0 saturated heterocycles. The third-order valence-electron chi connectivity index (χ3n) is 12.7. The van der Waals surface area contributed by atoms with Gasteiger partial charge in [0.2, 0.25) is 0 Å². The van der Waals surface area contributed by atoms with E-state index in [1.165, 1.54) is 11.1 Å². The van der Waals surface area contributed by atoms with Gasteiger partial charge in [0, 0.05) is 64.0 Å². The third kappa shape index (κ3) is 10.0. The van der Waals surface area contributed by atoms with Crippen LogP contribution in [0, 0.1) is 6.07 Å². The summed E-state index contributed by atoms with van der Waals surface area (Å²) < 4.78 is 2.11. The minimum Gasteiger partial charge on any atom is -0.507 e. The number of nitrogens with zero attached hydrogens (tertiary/aromatic N) is 4. The van der Waals surface area contributed by atoms with E-state index < -0.39 is 0 Å². The number of allylic oxidation sites excluding steroid dienone is 3. The molecule has 0 radical (unpaired) electrons. The summed E-state index contributed by atoms with van der Waals surface area (Å²) in [5.41, 5.74) is 16.6. The van der Waals surface area contributed by atoms with E-state index in [1.807, 2.05) is 25.4 Å². The molecule has 7 aromatic rings. The van der Waals surface area contributed by atoms with Gasteiger partial charge in [0.15, 0.2) is 0 Å². The van der Waals surface area contributed by atoms with Gasteiger partial charge in [0.25, 0.3) is 0 Å². The van der Waals surface area contributed by atoms with Crippen molar-refractivity contribution in [3.63, 3.8) is 0 Å². The summed E-state index contributed by atoms with van der Waals surface area (Å²) in [5.74, 6) is 0.989. The second-order valence-electron chi connectivity index (χ2n) is 21.6. The van der Waals surface area contributed by atoms with Gasteiger partial charge < -0.3 is 14.6 Å². The second-order valence-corrected chi connectivity index (χ2v) is 21.6. The zero-order valence-electron chi connectivity index (χ0n) is 41.2. The minimum atomic E-state index is -0.275. The van der Waals surface area contributed by atoms with Crippen LogP contribution in [0.4, 0.5) is 5.69 Å². The molecule has 0 aliphatic carbocycles. The van der Waals surface area contributed by atoms with Crippen LogP contribution in [-0.4, -0.2) is 26.7 Å². The van der Waals surface area contributed by atoms with Crippen molar-refractivity contribution in [3.05, 3.63) is 162 Å². The fourth-order valence-electron chi connectivity index (χ4n) is 8.41. The molecule has 6 heteroatoms. The molecule has 5 aromatic carbocycles. The summed E-state index contributed by atoms with van der Waals surface area (Å²) in [6.45, 7) is 33.2. The van der Waals surface area contributed by atoms with E-state index in [0.29, 0.717) is 0 Å². The molecule has 0 aliphatic rings. The molecule has 0 bridgehead atoms. The Morgan fingerprint density at radius 1 is 0.677 bits per heavy atom. The molecule has 340 valence electrons. The summed E-state index contributed by atoms with van der Waals surface area (Å²) in [4.78, 5) is 12.6. The Balaban J connectivity index is 0.00000700. The average molecular weight is 1040 g/mol. The van der Waals surface area contributed by atoms with Crippen LogP contribution >= 0.6 is 0 Å². The fourth-order valence-corrected chi connectivity index (χ4v) is 8.41. The molecule has 65 heavy (non-hydrogen) atoms. The van der Waals surface area contributed by atoms with Crippen molar-refractivity contribution >= 4 is 22.3 Å². The molecule has 5 nitrogen and oxygen atoms in total. The van der Waals surface area contributed by atoms with Crippen molar-refractivity contribution in [1.82, 2.24) is 14.5 Å². The van der Waals surface area contributed by atoms with Crippen LogP contribution in [0.1, 0.15) is 118 Å².